The van der Waals surface area contributed by atoms with Crippen molar-refractivity contribution >= 4 is 21.8 Å². The van der Waals surface area contributed by atoms with Crippen molar-refractivity contribution in [1.82, 2.24) is 14.4 Å². The number of aliphatic hydroxyl groups excluding tert-OH is 1. The van der Waals surface area contributed by atoms with E-state index in [1.165, 1.54) is 34.0 Å². The van der Waals surface area contributed by atoms with Gasteiger partial charge in [-0.3, -0.25) is 9.80 Å². The second-order valence-corrected chi connectivity index (χ2v) is 10.1. The number of nitrogens with zero attached hydrogens (tertiary/aromatic N) is 3. The average molecular weight is 494 g/mol. The topological polar surface area (TPSA) is 31.6 Å². The normalized spacial score (nSPS) is 15.9. The first-order chi connectivity index (χ1) is 18.1. The molecule has 1 unspecified atom stereocenters. The van der Waals surface area contributed by atoms with E-state index < -0.39 is 6.10 Å². The van der Waals surface area contributed by atoms with Crippen LogP contribution in [0.25, 0.3) is 32.9 Å². The molecule has 1 fully saturated rings. The number of piperazine rings is 1. The Morgan fingerprint density at radius 1 is 0.649 bits per heavy atom. The number of aromatic nitrogens is 1. The number of hydrogen-bond acceptors (Lipinski definition) is 3. The van der Waals surface area contributed by atoms with Gasteiger partial charge in [0, 0.05) is 61.1 Å². The number of benzene rings is 4. The summed E-state index contributed by atoms with van der Waals surface area (Å²) < 4.78 is 15.5. The quantitative estimate of drug-likeness (QED) is 0.312. The van der Waals surface area contributed by atoms with Crippen molar-refractivity contribution in [1.29, 1.82) is 0 Å². The van der Waals surface area contributed by atoms with Crippen LogP contribution in [0.5, 0.6) is 0 Å². The smallest absolute Gasteiger partial charge is 0.123 e. The van der Waals surface area contributed by atoms with Gasteiger partial charge < -0.3 is 9.67 Å². The summed E-state index contributed by atoms with van der Waals surface area (Å²) in [5.41, 5.74) is 5.86. The van der Waals surface area contributed by atoms with E-state index >= 15 is 0 Å². The molecule has 0 radical (unpaired) electrons. The van der Waals surface area contributed by atoms with Crippen LogP contribution in [0.3, 0.4) is 0 Å². The molecule has 1 aromatic heterocycles. The van der Waals surface area contributed by atoms with Gasteiger partial charge in [-0.1, -0.05) is 66.7 Å². The van der Waals surface area contributed by atoms with Gasteiger partial charge in [-0.25, -0.2) is 4.39 Å². The Bertz CT molecular complexity index is 1490. The van der Waals surface area contributed by atoms with Gasteiger partial charge in [0.1, 0.15) is 5.82 Å². The predicted molar refractivity (Wildman–Crippen MR) is 149 cm³/mol. The number of halogens is 1. The second kappa shape index (κ2) is 10.5. The van der Waals surface area contributed by atoms with Crippen LogP contribution in [0.2, 0.25) is 0 Å². The van der Waals surface area contributed by atoms with E-state index in [2.05, 4.69) is 81.1 Å². The zero-order valence-electron chi connectivity index (χ0n) is 20.9. The number of para-hydroxylation sites is 1. The SMILES string of the molecule is OC(CN1CCN(Cc2ccc(F)cc2)CC1)Cn1c2ccccc2c2cc(-c3ccccc3)ccc21. The van der Waals surface area contributed by atoms with E-state index in [-0.39, 0.29) is 5.82 Å². The Balaban J connectivity index is 1.15. The molecular weight excluding hydrogens is 461 g/mol. The fourth-order valence-corrected chi connectivity index (χ4v) is 5.61. The van der Waals surface area contributed by atoms with Gasteiger partial charge in [0.25, 0.3) is 0 Å². The summed E-state index contributed by atoms with van der Waals surface area (Å²) in [6, 6.07) is 32.4. The predicted octanol–water partition coefficient (Wildman–Crippen LogP) is 5.78. The van der Waals surface area contributed by atoms with Crippen molar-refractivity contribution in [2.24, 2.45) is 0 Å². The van der Waals surface area contributed by atoms with E-state index in [1.807, 2.05) is 18.2 Å². The molecule has 1 aliphatic rings. The van der Waals surface area contributed by atoms with Gasteiger partial charge in [0.05, 0.1) is 12.6 Å². The van der Waals surface area contributed by atoms with Crippen LogP contribution < -0.4 is 0 Å². The van der Waals surface area contributed by atoms with Crippen LogP contribution in [0.4, 0.5) is 4.39 Å². The Morgan fingerprint density at radius 2 is 1.32 bits per heavy atom. The third-order valence-corrected chi connectivity index (χ3v) is 7.53. The standard InChI is InChI=1S/C32H32FN3O/c33-27-13-10-24(11-14-27)21-34-16-18-35(19-17-34)22-28(37)23-36-31-9-5-4-8-29(31)30-20-26(12-15-32(30)36)25-6-2-1-3-7-25/h1-15,20,28,37H,16-19,21-23H2. The summed E-state index contributed by atoms with van der Waals surface area (Å²) >= 11 is 0. The minimum Gasteiger partial charge on any atom is -0.390 e. The Hall–Kier alpha value is -3.51. The molecule has 188 valence electrons. The van der Waals surface area contributed by atoms with Crippen LogP contribution in [-0.4, -0.2) is 58.3 Å². The third-order valence-electron chi connectivity index (χ3n) is 7.53. The minimum absolute atomic E-state index is 0.192. The maximum absolute atomic E-state index is 13.2. The van der Waals surface area contributed by atoms with Crippen LogP contribution in [0, 0.1) is 5.82 Å². The maximum Gasteiger partial charge on any atom is 0.123 e. The molecule has 6 rings (SSSR count). The lowest BCUT2D eigenvalue weighted by Crippen LogP contribution is -2.48. The van der Waals surface area contributed by atoms with Crippen molar-refractivity contribution < 1.29 is 9.50 Å². The zero-order chi connectivity index (χ0) is 25.2. The highest BCUT2D eigenvalue weighted by atomic mass is 19.1. The first kappa shape index (κ1) is 23.9. The number of rotatable bonds is 7. The van der Waals surface area contributed by atoms with Crippen molar-refractivity contribution in [3.63, 3.8) is 0 Å². The molecular formula is C32H32FN3O. The largest absolute Gasteiger partial charge is 0.390 e. The summed E-state index contributed by atoms with van der Waals surface area (Å²) in [7, 11) is 0. The van der Waals surface area contributed by atoms with Gasteiger partial charge in [0.2, 0.25) is 0 Å². The molecule has 0 bridgehead atoms. The summed E-state index contributed by atoms with van der Waals surface area (Å²) in [5, 5.41) is 13.6. The van der Waals surface area contributed by atoms with Crippen LogP contribution in [0.15, 0.2) is 97.1 Å². The van der Waals surface area contributed by atoms with E-state index in [0.29, 0.717) is 13.1 Å². The van der Waals surface area contributed by atoms with Gasteiger partial charge in [-0.05, 0) is 47.0 Å². The lowest BCUT2D eigenvalue weighted by Gasteiger charge is -2.35. The van der Waals surface area contributed by atoms with Crippen LogP contribution >= 0.6 is 0 Å². The molecule has 1 N–H and O–H groups in total. The molecule has 1 atom stereocenters. The monoisotopic (exact) mass is 493 g/mol. The van der Waals surface area contributed by atoms with Gasteiger partial charge in [-0.15, -0.1) is 0 Å². The summed E-state index contributed by atoms with van der Waals surface area (Å²) in [6.45, 7) is 5.79. The Kier molecular flexibility index (Phi) is 6.75. The highest BCUT2D eigenvalue weighted by Crippen LogP contribution is 2.33. The zero-order valence-corrected chi connectivity index (χ0v) is 20.9. The Morgan fingerprint density at radius 3 is 2.11 bits per heavy atom. The number of fused-ring (bicyclic) bond motifs is 3. The molecule has 0 saturated carbocycles. The fraction of sp³-hybridized carbons (Fsp3) is 0.250. The first-order valence-corrected chi connectivity index (χ1v) is 13.1. The van der Waals surface area contributed by atoms with E-state index in [4.69, 9.17) is 0 Å². The molecule has 4 nitrogen and oxygen atoms in total. The summed E-state index contributed by atoms with van der Waals surface area (Å²) in [5.74, 6) is -0.192. The molecule has 0 aliphatic carbocycles. The van der Waals surface area contributed by atoms with Gasteiger partial charge >= 0.3 is 0 Å². The molecule has 37 heavy (non-hydrogen) atoms. The lowest BCUT2D eigenvalue weighted by molar-refractivity contribution is 0.0634. The highest BCUT2D eigenvalue weighted by Gasteiger charge is 2.21. The van der Waals surface area contributed by atoms with Crippen molar-refractivity contribution in [3.8, 4) is 11.1 Å². The van der Waals surface area contributed by atoms with Crippen molar-refractivity contribution in [2.75, 3.05) is 32.7 Å². The number of aliphatic hydroxyl groups is 1. The molecule has 1 aliphatic heterocycles. The van der Waals surface area contributed by atoms with Crippen molar-refractivity contribution in [3.05, 3.63) is 108 Å². The molecule has 1 saturated heterocycles. The molecule has 0 amide bonds. The molecule has 2 heterocycles. The third kappa shape index (κ3) is 5.16. The maximum atomic E-state index is 13.2. The first-order valence-electron chi connectivity index (χ1n) is 13.1. The fourth-order valence-electron chi connectivity index (χ4n) is 5.61. The van der Waals surface area contributed by atoms with E-state index in [0.717, 1.165) is 49.3 Å². The highest BCUT2D eigenvalue weighted by molar-refractivity contribution is 6.09. The molecule has 5 aromatic rings. The molecule has 5 heteroatoms. The number of hydrogen-bond donors (Lipinski definition) is 1. The summed E-state index contributed by atoms with van der Waals surface area (Å²) in [6.07, 6.45) is -0.462. The number of β-amino-alcohol motifs (C(OH)–C–C–N with tert-alkyl or cyclic N) is 1. The van der Waals surface area contributed by atoms with Crippen LogP contribution in [-0.2, 0) is 13.1 Å². The molecule has 4 aromatic carbocycles. The van der Waals surface area contributed by atoms with Gasteiger partial charge in [0.15, 0.2) is 0 Å². The summed E-state index contributed by atoms with van der Waals surface area (Å²) in [4.78, 5) is 4.75. The second-order valence-electron chi connectivity index (χ2n) is 10.1. The van der Waals surface area contributed by atoms with E-state index in [9.17, 15) is 9.50 Å². The average Bonchev–Trinajstić information content (AvgIpc) is 3.24. The van der Waals surface area contributed by atoms with Gasteiger partial charge in [-0.2, -0.15) is 0 Å². The van der Waals surface area contributed by atoms with E-state index in [1.54, 1.807) is 0 Å². The van der Waals surface area contributed by atoms with Crippen LogP contribution in [0.1, 0.15) is 5.56 Å². The Labute approximate surface area is 217 Å². The molecule has 0 spiro atoms. The lowest BCUT2D eigenvalue weighted by atomic mass is 10.0. The van der Waals surface area contributed by atoms with Crippen molar-refractivity contribution in [2.45, 2.75) is 19.2 Å². The minimum atomic E-state index is -0.462.